The van der Waals surface area contributed by atoms with Crippen LogP contribution in [-0.4, -0.2) is 27.0 Å². The average Bonchev–Trinajstić information content (AvgIpc) is 3.30. The number of benzene rings is 3. The van der Waals surface area contributed by atoms with Crippen LogP contribution in [0.25, 0.3) is 0 Å². The standard InChI is InChI=1S/C27H24FN5O3S/c28-20-13-11-19(12-14-20)23(26(35)31-15-17-7-3-1-4-8-17)33(16-18-9-5-2-6-10-18)27(36)24-21(29)22(25(30)34)32-37-24/h1-14,23H,15-16,29H2,(H2,30,34)(H,31,35)/t23-/m1/s1. The summed E-state index contributed by atoms with van der Waals surface area (Å²) in [4.78, 5) is 40.5. The molecule has 0 saturated carbocycles. The zero-order valence-electron chi connectivity index (χ0n) is 19.6. The Kier molecular flexibility index (Phi) is 7.89. The van der Waals surface area contributed by atoms with E-state index in [4.69, 9.17) is 11.5 Å². The van der Waals surface area contributed by atoms with Gasteiger partial charge in [0.2, 0.25) is 5.91 Å². The zero-order chi connectivity index (χ0) is 26.4. The molecule has 1 heterocycles. The SMILES string of the molecule is NC(=O)c1nsc(C(=O)N(Cc2ccccc2)[C@@H](C(=O)NCc2ccccc2)c2ccc(F)cc2)c1N. The third-order valence-electron chi connectivity index (χ3n) is 5.67. The fourth-order valence-corrected chi connectivity index (χ4v) is 4.58. The van der Waals surface area contributed by atoms with Crippen LogP contribution in [-0.2, 0) is 17.9 Å². The molecule has 0 fully saturated rings. The molecule has 4 aromatic rings. The number of nitrogen functional groups attached to an aromatic ring is 1. The molecule has 0 spiro atoms. The Morgan fingerprint density at radius 1 is 0.919 bits per heavy atom. The topological polar surface area (TPSA) is 131 Å². The van der Waals surface area contributed by atoms with Crippen molar-refractivity contribution in [3.8, 4) is 0 Å². The molecule has 0 aliphatic carbocycles. The maximum atomic E-state index is 13.9. The second-order valence-electron chi connectivity index (χ2n) is 8.21. The number of hydrogen-bond acceptors (Lipinski definition) is 6. The minimum Gasteiger partial charge on any atom is -0.395 e. The van der Waals surface area contributed by atoms with Gasteiger partial charge in [0.25, 0.3) is 11.8 Å². The fraction of sp³-hybridized carbons (Fsp3) is 0.111. The van der Waals surface area contributed by atoms with Crippen molar-refractivity contribution in [3.63, 3.8) is 0 Å². The lowest BCUT2D eigenvalue weighted by molar-refractivity contribution is -0.126. The van der Waals surface area contributed by atoms with Gasteiger partial charge in [-0.15, -0.1) is 0 Å². The highest BCUT2D eigenvalue weighted by molar-refractivity contribution is 7.09. The third-order valence-corrected chi connectivity index (χ3v) is 6.52. The van der Waals surface area contributed by atoms with Crippen molar-refractivity contribution < 1.29 is 18.8 Å². The predicted octanol–water partition coefficient (Wildman–Crippen LogP) is 3.66. The first kappa shape index (κ1) is 25.5. The Morgan fingerprint density at radius 3 is 2.08 bits per heavy atom. The highest BCUT2D eigenvalue weighted by Gasteiger charge is 2.35. The summed E-state index contributed by atoms with van der Waals surface area (Å²) in [6.45, 7) is 0.253. The van der Waals surface area contributed by atoms with Crippen molar-refractivity contribution in [1.82, 2.24) is 14.6 Å². The molecule has 8 nitrogen and oxygen atoms in total. The second kappa shape index (κ2) is 11.4. The van der Waals surface area contributed by atoms with Crippen LogP contribution in [0.2, 0.25) is 0 Å². The Balaban J connectivity index is 1.76. The molecule has 1 atom stereocenters. The number of aromatic nitrogens is 1. The number of amides is 3. The first-order valence-electron chi connectivity index (χ1n) is 11.3. The molecule has 0 bridgehead atoms. The lowest BCUT2D eigenvalue weighted by atomic mass is 10.0. The molecule has 10 heteroatoms. The van der Waals surface area contributed by atoms with Crippen molar-refractivity contribution in [2.24, 2.45) is 5.73 Å². The van der Waals surface area contributed by atoms with Crippen LogP contribution >= 0.6 is 11.5 Å². The highest BCUT2D eigenvalue weighted by atomic mass is 32.1. The molecule has 0 aliphatic rings. The summed E-state index contributed by atoms with van der Waals surface area (Å²) >= 11 is 0.730. The van der Waals surface area contributed by atoms with Gasteiger partial charge in [-0.3, -0.25) is 14.4 Å². The van der Waals surface area contributed by atoms with Gasteiger partial charge in [0.05, 0.1) is 5.69 Å². The minimum absolute atomic E-state index is 0.0206. The molecular weight excluding hydrogens is 493 g/mol. The number of nitrogens with two attached hydrogens (primary N) is 2. The minimum atomic E-state index is -1.14. The number of halogens is 1. The molecular formula is C27H24FN5O3S. The molecule has 4 rings (SSSR count). The first-order valence-corrected chi connectivity index (χ1v) is 12.1. The lowest BCUT2D eigenvalue weighted by Gasteiger charge is -2.31. The molecule has 0 saturated heterocycles. The number of nitrogens with zero attached hydrogens (tertiary/aromatic N) is 2. The average molecular weight is 518 g/mol. The smallest absolute Gasteiger partial charge is 0.270 e. The second-order valence-corrected chi connectivity index (χ2v) is 8.99. The maximum absolute atomic E-state index is 13.9. The molecule has 0 radical (unpaired) electrons. The summed E-state index contributed by atoms with van der Waals surface area (Å²) in [5, 5.41) is 2.88. The summed E-state index contributed by atoms with van der Waals surface area (Å²) in [6, 6.07) is 22.6. The van der Waals surface area contributed by atoms with E-state index in [1.807, 2.05) is 60.7 Å². The maximum Gasteiger partial charge on any atom is 0.270 e. The van der Waals surface area contributed by atoms with Gasteiger partial charge < -0.3 is 21.7 Å². The largest absolute Gasteiger partial charge is 0.395 e. The third kappa shape index (κ3) is 5.99. The molecule has 3 aromatic carbocycles. The van der Waals surface area contributed by atoms with E-state index in [1.165, 1.54) is 29.2 Å². The number of carbonyl (C=O) groups is 3. The van der Waals surface area contributed by atoms with Gasteiger partial charge in [-0.05, 0) is 40.4 Å². The van der Waals surface area contributed by atoms with Gasteiger partial charge in [0, 0.05) is 13.1 Å². The monoisotopic (exact) mass is 517 g/mol. The number of anilines is 1. The summed E-state index contributed by atoms with van der Waals surface area (Å²) in [7, 11) is 0. The first-order chi connectivity index (χ1) is 17.8. The molecule has 0 unspecified atom stereocenters. The van der Waals surface area contributed by atoms with Crippen LogP contribution in [0.15, 0.2) is 84.9 Å². The van der Waals surface area contributed by atoms with E-state index in [2.05, 4.69) is 9.69 Å². The van der Waals surface area contributed by atoms with Crippen molar-refractivity contribution in [2.75, 3.05) is 5.73 Å². The van der Waals surface area contributed by atoms with Crippen molar-refractivity contribution in [2.45, 2.75) is 19.1 Å². The molecule has 5 N–H and O–H groups in total. The number of hydrogen-bond donors (Lipinski definition) is 3. The summed E-state index contributed by atoms with van der Waals surface area (Å²) < 4.78 is 17.7. The van der Waals surface area contributed by atoms with Crippen LogP contribution in [0.3, 0.4) is 0 Å². The van der Waals surface area contributed by atoms with E-state index in [9.17, 15) is 18.8 Å². The van der Waals surface area contributed by atoms with Gasteiger partial charge in [-0.1, -0.05) is 72.8 Å². The number of nitrogens with one attached hydrogen (secondary N) is 1. The van der Waals surface area contributed by atoms with Gasteiger partial charge in [0.1, 0.15) is 16.7 Å². The normalized spacial score (nSPS) is 11.5. The Hall–Kier alpha value is -4.57. The van der Waals surface area contributed by atoms with E-state index in [0.717, 1.165) is 22.7 Å². The molecule has 1 aromatic heterocycles. The van der Waals surface area contributed by atoms with Crippen molar-refractivity contribution >= 4 is 34.9 Å². The van der Waals surface area contributed by atoms with Gasteiger partial charge in [-0.25, -0.2) is 4.39 Å². The molecule has 37 heavy (non-hydrogen) atoms. The van der Waals surface area contributed by atoms with E-state index in [0.29, 0.717) is 5.56 Å². The van der Waals surface area contributed by atoms with Crippen LogP contribution < -0.4 is 16.8 Å². The molecule has 0 aliphatic heterocycles. The van der Waals surface area contributed by atoms with Gasteiger partial charge >= 0.3 is 0 Å². The van der Waals surface area contributed by atoms with Crippen molar-refractivity contribution in [3.05, 3.63) is 118 Å². The van der Waals surface area contributed by atoms with Crippen LogP contribution in [0.1, 0.15) is 42.9 Å². The highest BCUT2D eigenvalue weighted by Crippen LogP contribution is 2.30. The van der Waals surface area contributed by atoms with Crippen LogP contribution in [0, 0.1) is 5.82 Å². The Morgan fingerprint density at radius 2 is 1.51 bits per heavy atom. The zero-order valence-corrected chi connectivity index (χ0v) is 20.5. The Bertz CT molecular complexity index is 1390. The van der Waals surface area contributed by atoms with Gasteiger partial charge in [-0.2, -0.15) is 4.37 Å². The lowest BCUT2D eigenvalue weighted by Crippen LogP contribution is -2.43. The van der Waals surface area contributed by atoms with E-state index in [1.54, 1.807) is 0 Å². The number of carbonyl (C=O) groups excluding carboxylic acids is 3. The number of primary amides is 1. The summed E-state index contributed by atoms with van der Waals surface area (Å²) in [6.07, 6.45) is 0. The van der Waals surface area contributed by atoms with Crippen LogP contribution in [0.4, 0.5) is 10.1 Å². The van der Waals surface area contributed by atoms with E-state index in [-0.39, 0.29) is 29.3 Å². The van der Waals surface area contributed by atoms with E-state index >= 15 is 0 Å². The molecule has 3 amide bonds. The van der Waals surface area contributed by atoms with E-state index < -0.39 is 29.6 Å². The van der Waals surface area contributed by atoms with Crippen LogP contribution in [0.5, 0.6) is 0 Å². The quantitative estimate of drug-likeness (QED) is 0.312. The van der Waals surface area contributed by atoms with Crippen molar-refractivity contribution in [1.29, 1.82) is 0 Å². The fourth-order valence-electron chi connectivity index (χ4n) is 3.82. The number of rotatable bonds is 9. The van der Waals surface area contributed by atoms with Gasteiger partial charge in [0.15, 0.2) is 5.69 Å². The predicted molar refractivity (Wildman–Crippen MR) is 139 cm³/mol. The summed E-state index contributed by atoms with van der Waals surface area (Å²) in [5.41, 5.74) is 13.0. The summed E-state index contributed by atoms with van der Waals surface area (Å²) in [5.74, 6) is -2.43. The Labute approximate surface area is 216 Å². The molecule has 188 valence electrons.